The molecule has 0 radical (unpaired) electrons. The Morgan fingerprint density at radius 3 is 2.60 bits per heavy atom. The lowest BCUT2D eigenvalue weighted by atomic mass is 9.83. The van der Waals surface area contributed by atoms with Gasteiger partial charge in [-0.2, -0.15) is 4.99 Å². The molecule has 2 rings (SSSR count). The minimum atomic E-state index is -0.443. The standard InChI is InChI=1S/C16H27NO3/c1-11(2)13(10-18)9-15-14(17-16(19)20-15)8-12-6-4-3-5-7-12/h11-13,15,18H,3-10H2,1-2H3. The Hall–Kier alpha value is -0.900. The third kappa shape index (κ3) is 4.05. The summed E-state index contributed by atoms with van der Waals surface area (Å²) in [6.45, 7) is 4.33. The van der Waals surface area contributed by atoms with E-state index < -0.39 is 6.09 Å². The second-order valence-electron chi connectivity index (χ2n) is 6.61. The second-order valence-corrected chi connectivity index (χ2v) is 6.61. The summed E-state index contributed by atoms with van der Waals surface area (Å²) in [4.78, 5) is 15.6. The average Bonchev–Trinajstić information content (AvgIpc) is 2.76. The molecule has 1 heterocycles. The van der Waals surface area contributed by atoms with E-state index in [9.17, 15) is 9.90 Å². The van der Waals surface area contributed by atoms with E-state index in [1.165, 1.54) is 32.1 Å². The van der Waals surface area contributed by atoms with Crippen molar-refractivity contribution < 1.29 is 14.6 Å². The number of hydrogen-bond acceptors (Lipinski definition) is 3. The van der Waals surface area contributed by atoms with Gasteiger partial charge in [-0.25, -0.2) is 4.79 Å². The van der Waals surface area contributed by atoms with Gasteiger partial charge in [0.1, 0.15) is 6.10 Å². The molecule has 1 N–H and O–H groups in total. The quantitative estimate of drug-likeness (QED) is 0.809. The molecule has 1 amide bonds. The summed E-state index contributed by atoms with van der Waals surface area (Å²) >= 11 is 0. The van der Waals surface area contributed by atoms with E-state index in [0.717, 1.165) is 12.1 Å². The van der Waals surface area contributed by atoms with Crippen LogP contribution in [-0.2, 0) is 4.74 Å². The maximum absolute atomic E-state index is 11.5. The van der Waals surface area contributed by atoms with Crippen LogP contribution >= 0.6 is 0 Å². The van der Waals surface area contributed by atoms with Crippen molar-refractivity contribution in [2.24, 2.45) is 22.7 Å². The van der Waals surface area contributed by atoms with Crippen molar-refractivity contribution >= 4 is 11.8 Å². The van der Waals surface area contributed by atoms with Crippen molar-refractivity contribution in [2.75, 3.05) is 6.61 Å². The van der Waals surface area contributed by atoms with Gasteiger partial charge in [-0.1, -0.05) is 46.0 Å². The van der Waals surface area contributed by atoms with Crippen molar-refractivity contribution in [2.45, 2.75) is 64.9 Å². The average molecular weight is 281 g/mol. The van der Waals surface area contributed by atoms with Gasteiger partial charge in [0.25, 0.3) is 0 Å². The largest absolute Gasteiger partial charge is 0.438 e. The fraction of sp³-hybridized carbons (Fsp3) is 0.875. The first-order chi connectivity index (χ1) is 9.60. The molecule has 1 aliphatic heterocycles. The Morgan fingerprint density at radius 1 is 1.30 bits per heavy atom. The monoisotopic (exact) mass is 281 g/mol. The van der Waals surface area contributed by atoms with Gasteiger partial charge in [0.05, 0.1) is 5.71 Å². The molecular weight excluding hydrogens is 254 g/mol. The molecule has 114 valence electrons. The number of carbonyl (C=O) groups is 1. The predicted octanol–water partition coefficient (Wildman–Crippen LogP) is 3.57. The molecule has 2 aliphatic rings. The van der Waals surface area contributed by atoms with Crippen LogP contribution in [0.25, 0.3) is 0 Å². The molecular formula is C16H27NO3. The van der Waals surface area contributed by atoms with E-state index in [2.05, 4.69) is 18.8 Å². The number of hydrogen-bond donors (Lipinski definition) is 1. The lowest BCUT2D eigenvalue weighted by molar-refractivity contribution is 0.107. The highest BCUT2D eigenvalue weighted by atomic mass is 16.6. The third-order valence-corrected chi connectivity index (χ3v) is 4.77. The minimum absolute atomic E-state index is 0.141. The van der Waals surface area contributed by atoms with Crippen molar-refractivity contribution in [3.05, 3.63) is 0 Å². The SMILES string of the molecule is CC(C)C(CO)CC1OC(=O)N=C1CC1CCCCC1. The number of cyclic esters (lactones) is 1. The summed E-state index contributed by atoms with van der Waals surface area (Å²) in [6, 6.07) is 0. The number of ether oxygens (including phenoxy) is 1. The molecule has 2 unspecified atom stereocenters. The van der Waals surface area contributed by atoms with Crippen LogP contribution in [0.4, 0.5) is 4.79 Å². The van der Waals surface area contributed by atoms with Gasteiger partial charge in [-0.15, -0.1) is 0 Å². The fourth-order valence-corrected chi connectivity index (χ4v) is 3.29. The molecule has 0 spiro atoms. The zero-order chi connectivity index (χ0) is 14.5. The molecule has 0 bridgehead atoms. The first-order valence-corrected chi connectivity index (χ1v) is 7.99. The second kappa shape index (κ2) is 7.21. The molecule has 0 aromatic carbocycles. The lowest BCUT2D eigenvalue weighted by Crippen LogP contribution is -2.28. The zero-order valence-corrected chi connectivity index (χ0v) is 12.7. The van der Waals surface area contributed by atoms with Gasteiger partial charge in [-0.05, 0) is 30.6 Å². The van der Waals surface area contributed by atoms with E-state index in [1.807, 2.05) is 0 Å². The Kier molecular flexibility index (Phi) is 5.58. The number of aliphatic hydroxyl groups is 1. The van der Waals surface area contributed by atoms with Gasteiger partial charge in [-0.3, -0.25) is 0 Å². The molecule has 1 aliphatic carbocycles. The van der Waals surface area contributed by atoms with Crippen LogP contribution in [0.3, 0.4) is 0 Å². The highest BCUT2D eigenvalue weighted by Crippen LogP contribution is 2.30. The smallest absolute Gasteiger partial charge is 0.434 e. The lowest BCUT2D eigenvalue weighted by Gasteiger charge is -2.25. The molecule has 2 atom stereocenters. The van der Waals surface area contributed by atoms with Crippen molar-refractivity contribution in [3.8, 4) is 0 Å². The van der Waals surface area contributed by atoms with Crippen molar-refractivity contribution in [1.82, 2.24) is 0 Å². The fourth-order valence-electron chi connectivity index (χ4n) is 3.29. The molecule has 20 heavy (non-hydrogen) atoms. The minimum Gasteiger partial charge on any atom is -0.438 e. The summed E-state index contributed by atoms with van der Waals surface area (Å²) in [5.74, 6) is 1.21. The molecule has 4 nitrogen and oxygen atoms in total. The summed E-state index contributed by atoms with van der Waals surface area (Å²) in [5.41, 5.74) is 0.918. The summed E-state index contributed by atoms with van der Waals surface area (Å²) in [6.07, 6.45) is 7.36. The topological polar surface area (TPSA) is 58.9 Å². The molecule has 0 saturated heterocycles. The highest BCUT2D eigenvalue weighted by molar-refractivity contribution is 6.01. The molecule has 1 fully saturated rings. The van der Waals surface area contributed by atoms with Crippen LogP contribution in [0.15, 0.2) is 4.99 Å². The maximum atomic E-state index is 11.5. The van der Waals surface area contributed by atoms with Gasteiger partial charge < -0.3 is 9.84 Å². The van der Waals surface area contributed by atoms with Gasteiger partial charge in [0.15, 0.2) is 0 Å². The van der Waals surface area contributed by atoms with Crippen LogP contribution in [-0.4, -0.2) is 29.6 Å². The zero-order valence-electron chi connectivity index (χ0n) is 12.7. The summed E-state index contributed by atoms with van der Waals surface area (Å²) in [7, 11) is 0. The summed E-state index contributed by atoms with van der Waals surface area (Å²) in [5, 5.41) is 9.45. The predicted molar refractivity (Wildman–Crippen MR) is 78.9 cm³/mol. The van der Waals surface area contributed by atoms with E-state index in [1.54, 1.807) is 0 Å². The van der Waals surface area contributed by atoms with Crippen LogP contribution in [0, 0.1) is 17.8 Å². The third-order valence-electron chi connectivity index (χ3n) is 4.77. The number of nitrogens with zero attached hydrogens (tertiary/aromatic N) is 1. The normalized spacial score (nSPS) is 25.7. The number of rotatable bonds is 6. The van der Waals surface area contributed by atoms with Crippen molar-refractivity contribution in [1.29, 1.82) is 0 Å². The number of aliphatic hydroxyl groups excluding tert-OH is 1. The van der Waals surface area contributed by atoms with Crippen molar-refractivity contribution in [3.63, 3.8) is 0 Å². The van der Waals surface area contributed by atoms with Crippen LogP contribution in [0.1, 0.15) is 58.8 Å². The van der Waals surface area contributed by atoms with E-state index in [-0.39, 0.29) is 18.6 Å². The van der Waals surface area contributed by atoms with Crippen LogP contribution < -0.4 is 0 Å². The number of aliphatic imine (C=N–C) groups is 1. The first kappa shape index (κ1) is 15.5. The Bertz CT molecular complexity index is 359. The van der Waals surface area contributed by atoms with Crippen LogP contribution in [0.5, 0.6) is 0 Å². The first-order valence-electron chi connectivity index (χ1n) is 7.99. The molecule has 0 aromatic heterocycles. The molecule has 1 saturated carbocycles. The van der Waals surface area contributed by atoms with E-state index >= 15 is 0 Å². The Labute approximate surface area is 121 Å². The highest BCUT2D eigenvalue weighted by Gasteiger charge is 2.32. The van der Waals surface area contributed by atoms with E-state index in [0.29, 0.717) is 18.3 Å². The van der Waals surface area contributed by atoms with Crippen LogP contribution in [0.2, 0.25) is 0 Å². The number of amides is 1. The molecule has 0 aromatic rings. The maximum Gasteiger partial charge on any atom is 0.434 e. The van der Waals surface area contributed by atoms with E-state index in [4.69, 9.17) is 4.74 Å². The number of carbonyl (C=O) groups excluding carboxylic acids is 1. The Morgan fingerprint density at radius 2 is 2.00 bits per heavy atom. The Balaban J connectivity index is 1.94. The van der Waals surface area contributed by atoms with Gasteiger partial charge in [0, 0.05) is 6.61 Å². The van der Waals surface area contributed by atoms with Gasteiger partial charge in [0.2, 0.25) is 0 Å². The van der Waals surface area contributed by atoms with Gasteiger partial charge >= 0.3 is 6.09 Å². The molecule has 4 heteroatoms. The summed E-state index contributed by atoms with van der Waals surface area (Å²) < 4.78 is 5.34.